The fourth-order valence-corrected chi connectivity index (χ4v) is 6.96. The highest BCUT2D eigenvalue weighted by molar-refractivity contribution is 5.94. The van der Waals surface area contributed by atoms with Gasteiger partial charge in [0.1, 0.15) is 0 Å². The van der Waals surface area contributed by atoms with Gasteiger partial charge in [-0.2, -0.15) is 0 Å². The van der Waals surface area contributed by atoms with Crippen molar-refractivity contribution in [3.63, 3.8) is 0 Å². The van der Waals surface area contributed by atoms with E-state index in [9.17, 15) is 4.79 Å². The van der Waals surface area contributed by atoms with Crippen molar-refractivity contribution in [3.05, 3.63) is 35.4 Å². The normalized spacial score (nSPS) is 32.6. The van der Waals surface area contributed by atoms with Gasteiger partial charge < -0.3 is 10.2 Å². The molecule has 0 aliphatic carbocycles. The van der Waals surface area contributed by atoms with E-state index in [2.05, 4.69) is 46.3 Å². The van der Waals surface area contributed by atoms with Crippen LogP contribution in [0.1, 0.15) is 80.1 Å². The Bertz CT molecular complexity index is 724. The molecule has 30 heavy (non-hydrogen) atoms. The van der Waals surface area contributed by atoms with E-state index in [1.807, 2.05) is 0 Å². The Hall–Kier alpha value is -1.39. The fourth-order valence-electron chi connectivity index (χ4n) is 6.96. The van der Waals surface area contributed by atoms with Crippen LogP contribution in [-0.2, 0) is 0 Å². The molecule has 0 unspecified atom stereocenters. The first-order valence-corrected chi connectivity index (χ1v) is 12.6. The highest BCUT2D eigenvalue weighted by atomic mass is 16.2. The number of hydrogen-bond acceptors (Lipinski definition) is 3. The van der Waals surface area contributed by atoms with Gasteiger partial charge in [-0.1, -0.05) is 31.9 Å². The molecule has 4 aliphatic heterocycles. The summed E-state index contributed by atoms with van der Waals surface area (Å²) in [6.45, 7) is 7.67. The molecule has 1 aromatic rings. The van der Waals surface area contributed by atoms with Crippen LogP contribution in [-0.4, -0.2) is 60.5 Å². The van der Waals surface area contributed by atoms with Gasteiger partial charge in [0.25, 0.3) is 5.91 Å². The van der Waals surface area contributed by atoms with Crippen LogP contribution in [0.5, 0.6) is 0 Å². The van der Waals surface area contributed by atoms with Crippen LogP contribution in [0.25, 0.3) is 0 Å². The predicted molar refractivity (Wildman–Crippen MR) is 122 cm³/mol. The molecule has 0 radical (unpaired) electrons. The standard InChI is InChI=1S/C26H39N3O/c1-2-4-24-5-3-6-25-23-15-19(17-29(24)25)16-28(18-23)26(30)22-9-7-20(8-10-22)21-11-13-27-14-12-21/h7-10,19,21,23-25,27H,2-6,11-18H2,1H3/t19-,23+,24-,25-/m0/s1. The van der Waals surface area contributed by atoms with E-state index in [-0.39, 0.29) is 5.91 Å². The molecule has 4 heteroatoms. The Labute approximate surface area is 182 Å². The summed E-state index contributed by atoms with van der Waals surface area (Å²) in [6.07, 6.45) is 10.5. The SMILES string of the molecule is CCC[C@H]1CCC[C@H]2[C@@H]3C[C@@H](CN(C(=O)c4ccc(C5CCNCC5)cc4)C3)CN12. The zero-order chi connectivity index (χ0) is 20.5. The number of benzene rings is 1. The van der Waals surface area contributed by atoms with Crippen LogP contribution in [0.3, 0.4) is 0 Å². The Morgan fingerprint density at radius 1 is 1.03 bits per heavy atom. The number of likely N-dealkylation sites (tertiary alicyclic amines) is 1. The lowest BCUT2D eigenvalue weighted by Gasteiger charge is -2.55. The molecule has 4 saturated heterocycles. The van der Waals surface area contributed by atoms with Gasteiger partial charge in [0, 0.05) is 37.3 Å². The van der Waals surface area contributed by atoms with E-state index in [4.69, 9.17) is 0 Å². The second-order valence-corrected chi connectivity index (χ2v) is 10.4. The maximum absolute atomic E-state index is 13.3. The summed E-state index contributed by atoms with van der Waals surface area (Å²) >= 11 is 0. The van der Waals surface area contributed by atoms with Crippen molar-refractivity contribution in [2.24, 2.45) is 11.8 Å². The van der Waals surface area contributed by atoms with Gasteiger partial charge >= 0.3 is 0 Å². The number of piperidine rings is 4. The van der Waals surface area contributed by atoms with Gasteiger partial charge in [-0.05, 0) is 87.1 Å². The number of carbonyl (C=O) groups excluding carboxylic acids is 1. The zero-order valence-electron chi connectivity index (χ0n) is 18.7. The summed E-state index contributed by atoms with van der Waals surface area (Å²) in [5.74, 6) is 2.25. The largest absolute Gasteiger partial charge is 0.338 e. The molecule has 164 valence electrons. The van der Waals surface area contributed by atoms with Crippen molar-refractivity contribution in [1.82, 2.24) is 15.1 Å². The topological polar surface area (TPSA) is 35.6 Å². The van der Waals surface area contributed by atoms with Crippen LogP contribution in [0.15, 0.2) is 24.3 Å². The summed E-state index contributed by atoms with van der Waals surface area (Å²) in [5.41, 5.74) is 2.29. The van der Waals surface area contributed by atoms with Crippen LogP contribution in [0.4, 0.5) is 0 Å². The third-order valence-corrected chi connectivity index (χ3v) is 8.39. The maximum Gasteiger partial charge on any atom is 0.253 e. The molecule has 0 saturated carbocycles. The Balaban J connectivity index is 1.25. The Kier molecular flexibility index (Phi) is 6.15. The first-order valence-electron chi connectivity index (χ1n) is 12.6. The lowest BCUT2D eigenvalue weighted by Crippen LogP contribution is -2.62. The van der Waals surface area contributed by atoms with Crippen molar-refractivity contribution in [2.45, 2.75) is 76.3 Å². The highest BCUT2D eigenvalue weighted by Crippen LogP contribution is 2.40. The van der Waals surface area contributed by atoms with E-state index < -0.39 is 0 Å². The van der Waals surface area contributed by atoms with E-state index in [0.29, 0.717) is 23.8 Å². The van der Waals surface area contributed by atoms with Crippen LogP contribution >= 0.6 is 0 Å². The molecule has 1 amide bonds. The number of nitrogens with zero attached hydrogens (tertiary/aromatic N) is 2. The molecule has 0 spiro atoms. The van der Waals surface area contributed by atoms with E-state index >= 15 is 0 Å². The van der Waals surface area contributed by atoms with Gasteiger partial charge in [0.15, 0.2) is 0 Å². The van der Waals surface area contributed by atoms with Crippen LogP contribution in [0, 0.1) is 11.8 Å². The van der Waals surface area contributed by atoms with E-state index in [1.165, 1.54) is 63.5 Å². The Morgan fingerprint density at radius 2 is 1.83 bits per heavy atom. The minimum atomic E-state index is 0.260. The van der Waals surface area contributed by atoms with Gasteiger partial charge in [0.05, 0.1) is 0 Å². The molecule has 1 aromatic carbocycles. The summed E-state index contributed by atoms with van der Waals surface area (Å²) in [7, 11) is 0. The first kappa shape index (κ1) is 20.5. The number of fused-ring (bicyclic) bond motifs is 4. The summed E-state index contributed by atoms with van der Waals surface area (Å²) < 4.78 is 0. The second kappa shape index (κ2) is 9.00. The van der Waals surface area contributed by atoms with Crippen LogP contribution < -0.4 is 5.32 Å². The van der Waals surface area contributed by atoms with Crippen LogP contribution in [0.2, 0.25) is 0 Å². The Morgan fingerprint density at radius 3 is 2.60 bits per heavy atom. The van der Waals surface area contributed by atoms with Gasteiger partial charge in [0.2, 0.25) is 0 Å². The molecular weight excluding hydrogens is 370 g/mol. The summed E-state index contributed by atoms with van der Waals surface area (Å²) in [5, 5.41) is 3.44. The average molecular weight is 410 g/mol. The monoisotopic (exact) mass is 409 g/mol. The summed E-state index contributed by atoms with van der Waals surface area (Å²) in [6, 6.07) is 10.1. The third-order valence-electron chi connectivity index (χ3n) is 8.39. The van der Waals surface area contributed by atoms with Gasteiger partial charge in [-0.15, -0.1) is 0 Å². The molecule has 4 heterocycles. The number of hydrogen-bond donors (Lipinski definition) is 1. The molecule has 1 N–H and O–H groups in total. The molecule has 4 fully saturated rings. The zero-order valence-corrected chi connectivity index (χ0v) is 18.7. The number of nitrogens with one attached hydrogen (secondary N) is 1. The predicted octanol–water partition coefficient (Wildman–Crippen LogP) is 4.27. The van der Waals surface area contributed by atoms with Gasteiger partial charge in [-0.3, -0.25) is 9.69 Å². The minimum absolute atomic E-state index is 0.260. The quantitative estimate of drug-likeness (QED) is 0.807. The van der Waals surface area contributed by atoms with E-state index in [1.54, 1.807) is 0 Å². The summed E-state index contributed by atoms with van der Waals surface area (Å²) in [4.78, 5) is 18.4. The molecule has 0 aromatic heterocycles. The first-order chi connectivity index (χ1) is 14.7. The number of amides is 1. The maximum atomic E-state index is 13.3. The van der Waals surface area contributed by atoms with Crippen molar-refractivity contribution in [2.75, 3.05) is 32.7 Å². The molecule has 4 nitrogen and oxygen atoms in total. The number of carbonyl (C=O) groups is 1. The molecule has 2 bridgehead atoms. The van der Waals surface area contributed by atoms with Crippen molar-refractivity contribution in [3.8, 4) is 0 Å². The molecule has 4 atom stereocenters. The molecule has 4 aliphatic rings. The van der Waals surface area contributed by atoms with Gasteiger partial charge in [-0.25, -0.2) is 0 Å². The fraction of sp³-hybridized carbons (Fsp3) is 0.731. The van der Waals surface area contributed by atoms with Crippen molar-refractivity contribution >= 4 is 5.91 Å². The average Bonchev–Trinajstić information content (AvgIpc) is 2.80. The minimum Gasteiger partial charge on any atom is -0.338 e. The highest BCUT2D eigenvalue weighted by Gasteiger charge is 2.45. The number of rotatable bonds is 4. The van der Waals surface area contributed by atoms with Crippen molar-refractivity contribution < 1.29 is 4.79 Å². The third kappa shape index (κ3) is 4.05. The lowest BCUT2D eigenvalue weighted by molar-refractivity contribution is -0.0519. The van der Waals surface area contributed by atoms with E-state index in [0.717, 1.165) is 37.8 Å². The second-order valence-electron chi connectivity index (χ2n) is 10.4. The molecule has 5 rings (SSSR count). The smallest absolute Gasteiger partial charge is 0.253 e. The van der Waals surface area contributed by atoms with Crippen molar-refractivity contribution in [1.29, 1.82) is 0 Å². The lowest BCUT2D eigenvalue weighted by atomic mass is 9.74. The molecular formula is C26H39N3O.